The van der Waals surface area contributed by atoms with Gasteiger partial charge in [0.1, 0.15) is 17.4 Å². The summed E-state index contributed by atoms with van der Waals surface area (Å²) in [6.45, 7) is 2.13. The van der Waals surface area contributed by atoms with Gasteiger partial charge in [-0.2, -0.15) is 13.2 Å². The van der Waals surface area contributed by atoms with E-state index < -0.39 is 12.1 Å². The molecule has 2 N–H and O–H groups in total. The van der Waals surface area contributed by atoms with Crippen LogP contribution in [0.15, 0.2) is 28.3 Å². The summed E-state index contributed by atoms with van der Waals surface area (Å²) in [5.74, 6) is -1.62. The van der Waals surface area contributed by atoms with Gasteiger partial charge in [0.05, 0.1) is 18.9 Å². The molecule has 3 atom stereocenters. The van der Waals surface area contributed by atoms with E-state index in [2.05, 4.69) is 20.4 Å². The molecule has 0 saturated carbocycles. The Labute approximate surface area is 172 Å². The first-order chi connectivity index (χ1) is 14.2. The number of aromatic nitrogens is 2. The average molecular weight is 448 g/mol. The van der Waals surface area contributed by atoms with Gasteiger partial charge >= 0.3 is 12.1 Å². The van der Waals surface area contributed by atoms with Gasteiger partial charge in [-0.25, -0.2) is 4.79 Å². The maximum Gasteiger partial charge on any atom is 0.490 e. The lowest BCUT2D eigenvalue weighted by Crippen LogP contribution is -2.42. The highest BCUT2D eigenvalue weighted by atomic mass is 32.1. The number of carboxylic acids is 1. The number of nitrogens with zero attached hydrogens (tertiary/aromatic N) is 3. The number of carbonyl (C=O) groups is 2. The molecule has 4 heterocycles. The number of halogens is 3. The first-order valence-corrected chi connectivity index (χ1v) is 9.88. The van der Waals surface area contributed by atoms with Crippen LogP contribution in [0.4, 0.5) is 18.3 Å². The number of anilines is 1. The Kier molecular flexibility index (Phi) is 6.92. The molecule has 2 fully saturated rings. The Hall–Kier alpha value is -2.67. The molecule has 2 aromatic rings. The molecule has 2 aliphatic rings. The molecule has 0 aromatic carbocycles. The molecular formula is C17H19F3N4O5S. The number of carbonyl (C=O) groups excluding carboxylic acids is 1. The molecule has 2 saturated heterocycles. The normalized spacial score (nSPS) is 23.3. The number of carboxylic acid groups (broad SMARTS) is 1. The van der Waals surface area contributed by atoms with E-state index in [0.717, 1.165) is 36.8 Å². The van der Waals surface area contributed by atoms with Crippen LogP contribution in [0, 0.1) is 5.92 Å². The van der Waals surface area contributed by atoms with Gasteiger partial charge in [-0.15, -0.1) is 10.2 Å². The topological polar surface area (TPSA) is 118 Å². The van der Waals surface area contributed by atoms with Gasteiger partial charge in [-0.1, -0.05) is 11.3 Å². The van der Waals surface area contributed by atoms with Crippen molar-refractivity contribution in [2.75, 3.05) is 18.0 Å². The molecule has 2 aliphatic heterocycles. The summed E-state index contributed by atoms with van der Waals surface area (Å²) >= 11 is 1.54. The minimum Gasteiger partial charge on any atom is -0.475 e. The molecule has 9 nitrogen and oxygen atoms in total. The van der Waals surface area contributed by atoms with Gasteiger partial charge in [0.25, 0.3) is 0 Å². The Morgan fingerprint density at radius 3 is 2.77 bits per heavy atom. The zero-order valence-electron chi connectivity index (χ0n) is 15.5. The van der Waals surface area contributed by atoms with Gasteiger partial charge in [0, 0.05) is 13.1 Å². The molecule has 0 aliphatic carbocycles. The van der Waals surface area contributed by atoms with E-state index in [-0.39, 0.29) is 18.1 Å². The van der Waals surface area contributed by atoms with Gasteiger partial charge in [0.15, 0.2) is 0 Å². The van der Waals surface area contributed by atoms with Gasteiger partial charge in [-0.3, -0.25) is 4.79 Å². The number of aliphatic carboxylic acids is 1. The fourth-order valence-electron chi connectivity index (χ4n) is 3.28. The first-order valence-electron chi connectivity index (χ1n) is 9.01. The summed E-state index contributed by atoms with van der Waals surface area (Å²) in [6, 6.07) is 3.65. The van der Waals surface area contributed by atoms with Gasteiger partial charge in [-0.05, 0) is 30.9 Å². The van der Waals surface area contributed by atoms with E-state index in [1.807, 2.05) is 12.1 Å². The summed E-state index contributed by atoms with van der Waals surface area (Å²) in [5, 5.41) is 18.9. The van der Waals surface area contributed by atoms with Crippen molar-refractivity contribution in [2.45, 2.75) is 37.8 Å². The van der Waals surface area contributed by atoms with Crippen molar-refractivity contribution in [1.29, 1.82) is 0 Å². The van der Waals surface area contributed by atoms with E-state index in [4.69, 9.17) is 19.1 Å². The Morgan fingerprint density at radius 2 is 2.17 bits per heavy atom. The minimum atomic E-state index is -5.08. The van der Waals surface area contributed by atoms with Crippen molar-refractivity contribution in [3.8, 4) is 0 Å². The van der Waals surface area contributed by atoms with E-state index in [1.165, 1.54) is 11.3 Å². The van der Waals surface area contributed by atoms with Crippen LogP contribution < -0.4 is 10.2 Å². The fraction of sp³-hybridized carbons (Fsp3) is 0.529. The number of fused-ring (bicyclic) bond motifs is 1. The number of hydrogen-bond donors (Lipinski definition) is 2. The van der Waals surface area contributed by atoms with E-state index in [0.29, 0.717) is 12.5 Å². The van der Waals surface area contributed by atoms with Crippen molar-refractivity contribution in [3.63, 3.8) is 0 Å². The number of rotatable bonds is 4. The number of amides is 1. The number of hydrogen-bond acceptors (Lipinski definition) is 8. The van der Waals surface area contributed by atoms with Gasteiger partial charge in [0.2, 0.25) is 11.0 Å². The second kappa shape index (κ2) is 9.43. The highest BCUT2D eigenvalue weighted by Crippen LogP contribution is 2.35. The van der Waals surface area contributed by atoms with Crippen molar-refractivity contribution in [3.05, 3.63) is 29.7 Å². The largest absolute Gasteiger partial charge is 0.490 e. The number of piperidine rings is 1. The van der Waals surface area contributed by atoms with E-state index >= 15 is 0 Å². The average Bonchev–Trinajstić information content (AvgIpc) is 3.46. The van der Waals surface area contributed by atoms with Crippen molar-refractivity contribution < 1.29 is 37.0 Å². The van der Waals surface area contributed by atoms with E-state index in [1.54, 1.807) is 11.8 Å². The van der Waals surface area contributed by atoms with Crippen molar-refractivity contribution >= 4 is 28.3 Å². The molecule has 2 aromatic heterocycles. The second-order valence-corrected chi connectivity index (χ2v) is 7.53. The van der Waals surface area contributed by atoms with Crippen LogP contribution in [-0.4, -0.2) is 58.7 Å². The van der Waals surface area contributed by atoms with Gasteiger partial charge < -0.3 is 24.5 Å². The highest BCUT2D eigenvalue weighted by molar-refractivity contribution is 7.13. The summed E-state index contributed by atoms with van der Waals surface area (Å²) < 4.78 is 43.0. The maximum absolute atomic E-state index is 12.3. The SMILES string of the molecule is O=C(NCc1ccco1)[C@H]1C[C@@H]2CCN(c3nncs3)C[C@H]2O1.O=C(O)C(F)(F)F. The standard InChI is InChI=1S/C15H18N4O3S.C2HF3O2/c20-14(16-7-11-2-1-5-21-11)12-6-10-3-4-19(8-13(10)22-12)15-18-17-9-23-15;3-2(4,5)1(6)7/h1-2,5,9-10,12-13H,3-4,6-8H2,(H,16,20);(H,6,7)/t10-,12+,13+;/m0./s1. The molecule has 0 unspecified atom stereocenters. The smallest absolute Gasteiger partial charge is 0.475 e. The van der Waals surface area contributed by atoms with Crippen LogP contribution >= 0.6 is 11.3 Å². The lowest BCUT2D eigenvalue weighted by atomic mass is 9.92. The highest BCUT2D eigenvalue weighted by Gasteiger charge is 2.42. The van der Waals surface area contributed by atoms with Crippen LogP contribution in [0.3, 0.4) is 0 Å². The molecule has 30 heavy (non-hydrogen) atoms. The number of alkyl halides is 3. The van der Waals surface area contributed by atoms with Crippen LogP contribution in [-0.2, 0) is 20.9 Å². The quantitative estimate of drug-likeness (QED) is 0.730. The monoisotopic (exact) mass is 448 g/mol. The lowest BCUT2D eigenvalue weighted by Gasteiger charge is -2.33. The zero-order valence-corrected chi connectivity index (χ0v) is 16.4. The molecule has 0 radical (unpaired) electrons. The predicted octanol–water partition coefficient (Wildman–Crippen LogP) is 2.06. The van der Waals surface area contributed by atoms with Crippen molar-refractivity contribution in [2.24, 2.45) is 5.92 Å². The summed E-state index contributed by atoms with van der Waals surface area (Å²) in [6.07, 6.45) is -1.95. The number of furan rings is 1. The third-order valence-electron chi connectivity index (χ3n) is 4.72. The first kappa shape index (κ1) is 22.0. The fourth-order valence-corrected chi connectivity index (χ4v) is 3.88. The summed E-state index contributed by atoms with van der Waals surface area (Å²) in [7, 11) is 0. The molecule has 0 bridgehead atoms. The molecule has 164 valence electrons. The van der Waals surface area contributed by atoms with Crippen LogP contribution in [0.1, 0.15) is 18.6 Å². The van der Waals surface area contributed by atoms with Crippen molar-refractivity contribution in [1.82, 2.24) is 15.5 Å². The number of nitrogens with one attached hydrogen (secondary N) is 1. The molecule has 4 rings (SSSR count). The lowest BCUT2D eigenvalue weighted by molar-refractivity contribution is -0.192. The number of ether oxygens (including phenoxy) is 1. The molecule has 0 spiro atoms. The van der Waals surface area contributed by atoms with Crippen LogP contribution in [0.5, 0.6) is 0 Å². The molecule has 1 amide bonds. The van der Waals surface area contributed by atoms with Crippen LogP contribution in [0.25, 0.3) is 0 Å². The third-order valence-corrected chi connectivity index (χ3v) is 5.47. The molecule has 13 heteroatoms. The third kappa shape index (κ3) is 5.69. The Morgan fingerprint density at radius 1 is 1.40 bits per heavy atom. The zero-order chi connectivity index (χ0) is 21.7. The Bertz CT molecular complexity index is 831. The van der Waals surface area contributed by atoms with E-state index in [9.17, 15) is 18.0 Å². The summed E-state index contributed by atoms with van der Waals surface area (Å²) in [5.41, 5.74) is 1.74. The minimum absolute atomic E-state index is 0.0572. The Balaban J connectivity index is 0.000000318. The second-order valence-electron chi connectivity index (χ2n) is 6.72. The predicted molar refractivity (Wildman–Crippen MR) is 97.8 cm³/mol. The maximum atomic E-state index is 12.3. The van der Waals surface area contributed by atoms with Crippen LogP contribution in [0.2, 0.25) is 0 Å². The summed E-state index contributed by atoms with van der Waals surface area (Å²) in [4.78, 5) is 23.4. The molecular weight excluding hydrogens is 429 g/mol.